The summed E-state index contributed by atoms with van der Waals surface area (Å²) in [5.74, 6) is -1.14. The van der Waals surface area contributed by atoms with Gasteiger partial charge in [-0.3, -0.25) is 9.59 Å². The van der Waals surface area contributed by atoms with Crippen LogP contribution in [0.3, 0.4) is 0 Å². The van der Waals surface area contributed by atoms with Crippen molar-refractivity contribution in [2.45, 2.75) is 25.7 Å². The molecule has 0 saturated carbocycles. The van der Waals surface area contributed by atoms with Crippen molar-refractivity contribution in [1.29, 1.82) is 0 Å². The van der Waals surface area contributed by atoms with Crippen molar-refractivity contribution in [3.63, 3.8) is 0 Å². The SMILES string of the molecule is O=C(O)[C@H]1CCN(C(=O)CCCc2nc3ccccc3s2)C1. The summed E-state index contributed by atoms with van der Waals surface area (Å²) < 4.78 is 1.17. The van der Waals surface area contributed by atoms with Gasteiger partial charge >= 0.3 is 5.97 Å². The van der Waals surface area contributed by atoms with Crippen LogP contribution in [0.4, 0.5) is 0 Å². The zero-order chi connectivity index (χ0) is 15.5. The lowest BCUT2D eigenvalue weighted by atomic mass is 10.1. The molecule has 2 heterocycles. The lowest BCUT2D eigenvalue weighted by Gasteiger charge is -2.15. The summed E-state index contributed by atoms with van der Waals surface area (Å²) in [5, 5.41) is 10.0. The highest BCUT2D eigenvalue weighted by Gasteiger charge is 2.30. The quantitative estimate of drug-likeness (QED) is 0.920. The van der Waals surface area contributed by atoms with E-state index in [0.717, 1.165) is 23.4 Å². The Labute approximate surface area is 132 Å². The lowest BCUT2D eigenvalue weighted by Crippen LogP contribution is -2.29. The third-order valence-electron chi connectivity index (χ3n) is 4.01. The van der Waals surface area contributed by atoms with Gasteiger partial charge in [0.05, 0.1) is 21.1 Å². The van der Waals surface area contributed by atoms with Gasteiger partial charge in [-0.2, -0.15) is 0 Å². The van der Waals surface area contributed by atoms with Crippen molar-refractivity contribution < 1.29 is 14.7 Å². The van der Waals surface area contributed by atoms with E-state index >= 15 is 0 Å². The second kappa shape index (κ2) is 6.44. The fourth-order valence-corrected chi connectivity index (χ4v) is 3.77. The minimum absolute atomic E-state index is 0.0601. The van der Waals surface area contributed by atoms with E-state index in [4.69, 9.17) is 5.11 Å². The number of aromatic nitrogens is 1. The molecule has 1 aromatic carbocycles. The van der Waals surface area contributed by atoms with Crippen LogP contribution in [0.15, 0.2) is 24.3 Å². The fraction of sp³-hybridized carbons (Fsp3) is 0.438. The maximum absolute atomic E-state index is 12.1. The number of hydrogen-bond donors (Lipinski definition) is 1. The number of carboxylic acid groups (broad SMARTS) is 1. The summed E-state index contributed by atoms with van der Waals surface area (Å²) in [6.07, 6.45) is 2.58. The molecule has 0 aliphatic carbocycles. The largest absolute Gasteiger partial charge is 0.481 e. The molecule has 116 valence electrons. The summed E-state index contributed by atoms with van der Waals surface area (Å²) in [7, 11) is 0. The number of likely N-dealkylation sites (tertiary alicyclic amines) is 1. The molecule has 1 aliphatic heterocycles. The van der Waals surface area contributed by atoms with E-state index in [9.17, 15) is 9.59 Å². The number of hydrogen-bond acceptors (Lipinski definition) is 4. The smallest absolute Gasteiger partial charge is 0.308 e. The number of carbonyl (C=O) groups is 2. The van der Waals surface area contributed by atoms with Gasteiger partial charge < -0.3 is 10.0 Å². The molecule has 1 atom stereocenters. The molecule has 0 unspecified atom stereocenters. The molecule has 1 N–H and O–H groups in total. The van der Waals surface area contributed by atoms with Crippen molar-refractivity contribution in [1.82, 2.24) is 9.88 Å². The first kappa shape index (κ1) is 15.0. The first-order valence-electron chi connectivity index (χ1n) is 7.48. The summed E-state index contributed by atoms with van der Waals surface area (Å²) in [6.45, 7) is 0.923. The summed E-state index contributed by atoms with van der Waals surface area (Å²) in [5.41, 5.74) is 1.01. The number of aliphatic carboxylic acids is 1. The first-order chi connectivity index (χ1) is 10.6. The number of rotatable bonds is 5. The van der Waals surface area contributed by atoms with Crippen molar-refractivity contribution in [2.75, 3.05) is 13.1 Å². The number of carbonyl (C=O) groups excluding carboxylic acids is 1. The van der Waals surface area contributed by atoms with Crippen molar-refractivity contribution in [3.8, 4) is 0 Å². The molecule has 6 heteroatoms. The Morgan fingerprint density at radius 3 is 2.91 bits per heavy atom. The predicted octanol–water partition coefficient (Wildman–Crippen LogP) is 2.55. The number of fused-ring (bicyclic) bond motifs is 1. The third kappa shape index (κ3) is 3.27. The Hall–Kier alpha value is -1.95. The van der Waals surface area contributed by atoms with E-state index in [1.807, 2.05) is 18.2 Å². The van der Waals surface area contributed by atoms with Crippen LogP contribution in [0, 0.1) is 5.92 Å². The zero-order valence-electron chi connectivity index (χ0n) is 12.2. The molecule has 1 aliphatic rings. The second-order valence-corrected chi connectivity index (χ2v) is 6.71. The van der Waals surface area contributed by atoms with Crippen LogP contribution < -0.4 is 0 Å². The predicted molar refractivity (Wildman–Crippen MR) is 84.9 cm³/mol. The molecule has 1 aromatic heterocycles. The number of amides is 1. The molecule has 2 aromatic rings. The van der Waals surface area contributed by atoms with Gasteiger partial charge in [0, 0.05) is 19.5 Å². The van der Waals surface area contributed by atoms with E-state index < -0.39 is 11.9 Å². The maximum atomic E-state index is 12.1. The molecule has 0 radical (unpaired) electrons. The minimum Gasteiger partial charge on any atom is -0.481 e. The number of para-hydroxylation sites is 1. The van der Waals surface area contributed by atoms with Gasteiger partial charge in [-0.15, -0.1) is 11.3 Å². The highest BCUT2D eigenvalue weighted by molar-refractivity contribution is 7.18. The van der Waals surface area contributed by atoms with E-state index in [-0.39, 0.29) is 5.91 Å². The molecule has 0 spiro atoms. The van der Waals surface area contributed by atoms with Crippen LogP contribution in [0.2, 0.25) is 0 Å². The molecular formula is C16H18N2O3S. The summed E-state index contributed by atoms with van der Waals surface area (Å²) in [6, 6.07) is 8.02. The van der Waals surface area contributed by atoms with Crippen molar-refractivity contribution in [2.24, 2.45) is 5.92 Å². The van der Waals surface area contributed by atoms with Crippen LogP contribution in [-0.2, 0) is 16.0 Å². The standard InChI is InChI=1S/C16H18N2O3S/c19-15(18-9-8-11(10-18)16(20)21)7-3-6-14-17-12-4-1-2-5-13(12)22-14/h1-2,4-5,11H,3,6-10H2,(H,20,21)/t11-/m0/s1. The first-order valence-corrected chi connectivity index (χ1v) is 8.30. The van der Waals surface area contributed by atoms with Gasteiger partial charge in [0.25, 0.3) is 0 Å². The number of aryl methyl sites for hydroxylation is 1. The van der Waals surface area contributed by atoms with Gasteiger partial charge in [-0.05, 0) is 31.4 Å². The van der Waals surface area contributed by atoms with E-state index in [2.05, 4.69) is 11.1 Å². The van der Waals surface area contributed by atoms with Gasteiger partial charge in [0.15, 0.2) is 0 Å². The molecular weight excluding hydrogens is 300 g/mol. The Morgan fingerprint density at radius 2 is 2.18 bits per heavy atom. The molecule has 0 bridgehead atoms. The van der Waals surface area contributed by atoms with Crippen LogP contribution in [-0.4, -0.2) is 40.0 Å². The molecule has 1 fully saturated rings. The molecule has 3 rings (SSSR count). The van der Waals surface area contributed by atoms with Crippen LogP contribution in [0.5, 0.6) is 0 Å². The normalized spacial score (nSPS) is 18.0. The van der Waals surface area contributed by atoms with Crippen molar-refractivity contribution >= 4 is 33.4 Å². The number of nitrogens with zero attached hydrogens (tertiary/aromatic N) is 2. The van der Waals surface area contributed by atoms with Gasteiger partial charge in [-0.25, -0.2) is 4.98 Å². The van der Waals surface area contributed by atoms with Crippen LogP contribution >= 0.6 is 11.3 Å². The Bertz CT molecular complexity index is 665. The average Bonchev–Trinajstić information content (AvgIpc) is 3.13. The van der Waals surface area contributed by atoms with E-state index in [1.54, 1.807) is 16.2 Å². The monoisotopic (exact) mass is 318 g/mol. The molecule has 5 nitrogen and oxygen atoms in total. The zero-order valence-corrected chi connectivity index (χ0v) is 13.0. The second-order valence-electron chi connectivity index (χ2n) is 5.59. The summed E-state index contributed by atoms with van der Waals surface area (Å²) >= 11 is 1.67. The number of benzene rings is 1. The summed E-state index contributed by atoms with van der Waals surface area (Å²) in [4.78, 5) is 29.2. The minimum atomic E-state index is -0.801. The van der Waals surface area contributed by atoms with Crippen molar-refractivity contribution in [3.05, 3.63) is 29.3 Å². The highest BCUT2D eigenvalue weighted by Crippen LogP contribution is 2.23. The van der Waals surface area contributed by atoms with E-state index in [0.29, 0.717) is 25.9 Å². The number of carboxylic acids is 1. The number of thiazole rings is 1. The maximum Gasteiger partial charge on any atom is 0.308 e. The highest BCUT2D eigenvalue weighted by atomic mass is 32.1. The molecule has 1 amide bonds. The average molecular weight is 318 g/mol. The Balaban J connectivity index is 1.48. The van der Waals surface area contributed by atoms with Gasteiger partial charge in [0.2, 0.25) is 5.91 Å². The fourth-order valence-electron chi connectivity index (χ4n) is 2.76. The van der Waals surface area contributed by atoms with Gasteiger partial charge in [0.1, 0.15) is 0 Å². The Kier molecular flexibility index (Phi) is 4.38. The van der Waals surface area contributed by atoms with E-state index in [1.165, 1.54) is 4.70 Å². The van der Waals surface area contributed by atoms with Crippen LogP contribution in [0.25, 0.3) is 10.2 Å². The topological polar surface area (TPSA) is 70.5 Å². The molecule has 22 heavy (non-hydrogen) atoms. The van der Waals surface area contributed by atoms with Crippen LogP contribution in [0.1, 0.15) is 24.3 Å². The molecule has 1 saturated heterocycles. The lowest BCUT2D eigenvalue weighted by molar-refractivity contribution is -0.141. The van der Waals surface area contributed by atoms with Gasteiger partial charge in [-0.1, -0.05) is 12.1 Å². The Morgan fingerprint density at radius 1 is 1.36 bits per heavy atom. The third-order valence-corrected chi connectivity index (χ3v) is 5.11.